The first kappa shape index (κ1) is 8.64. The molecule has 0 radical (unpaired) electrons. The van der Waals surface area contributed by atoms with E-state index >= 15 is 0 Å². The van der Waals surface area contributed by atoms with Gasteiger partial charge in [0, 0.05) is 3.57 Å². The molecule has 0 aliphatic carbocycles. The van der Waals surface area contributed by atoms with Crippen LogP contribution in [0.2, 0.25) is 0 Å². The van der Waals surface area contributed by atoms with Crippen molar-refractivity contribution in [1.29, 1.82) is 0 Å². The lowest BCUT2D eigenvalue weighted by molar-refractivity contribution is 1.21. The Morgan fingerprint density at radius 2 is 2.15 bits per heavy atom. The number of hydrazine groups is 1. The summed E-state index contributed by atoms with van der Waals surface area (Å²) < 4.78 is 1.13. The molecule has 3 N–H and O–H groups in total. The van der Waals surface area contributed by atoms with E-state index in [2.05, 4.69) is 38.0 Å². The molecule has 0 aliphatic rings. The first-order valence-corrected chi connectivity index (χ1v) is 4.76. The second-order valence-corrected chi connectivity index (χ2v) is 3.78. The van der Waals surface area contributed by atoms with E-state index in [0.717, 1.165) is 14.6 Å². The van der Waals surface area contributed by atoms with Crippen LogP contribution in [0.1, 0.15) is 0 Å². The zero-order valence-electron chi connectivity index (χ0n) is 6.66. The third-order valence-corrected chi connectivity index (χ3v) is 2.32. The topological polar surface area (TPSA) is 63.8 Å². The van der Waals surface area contributed by atoms with E-state index in [9.17, 15) is 0 Å². The lowest BCUT2D eigenvalue weighted by Crippen LogP contribution is -2.08. The highest BCUT2D eigenvalue weighted by molar-refractivity contribution is 14.1. The maximum absolute atomic E-state index is 5.22. The highest BCUT2D eigenvalue weighted by atomic mass is 127. The van der Waals surface area contributed by atoms with Gasteiger partial charge in [0.05, 0.1) is 17.2 Å². The minimum Gasteiger partial charge on any atom is -0.307 e. The molecule has 0 spiro atoms. The van der Waals surface area contributed by atoms with Gasteiger partial charge in [0.25, 0.3) is 0 Å². The number of anilines is 1. The van der Waals surface area contributed by atoms with Crippen LogP contribution in [0.4, 0.5) is 5.82 Å². The molecule has 2 rings (SSSR count). The van der Waals surface area contributed by atoms with Crippen LogP contribution in [-0.4, -0.2) is 9.97 Å². The average molecular weight is 286 g/mol. The SMILES string of the molecule is NNc1cnc2ccc(I)cc2n1. The summed E-state index contributed by atoms with van der Waals surface area (Å²) in [6, 6.07) is 5.89. The molecule has 0 fully saturated rings. The van der Waals surface area contributed by atoms with E-state index in [4.69, 9.17) is 5.84 Å². The number of rotatable bonds is 1. The first-order chi connectivity index (χ1) is 6.29. The van der Waals surface area contributed by atoms with Gasteiger partial charge in [-0.05, 0) is 40.8 Å². The van der Waals surface area contributed by atoms with Gasteiger partial charge >= 0.3 is 0 Å². The van der Waals surface area contributed by atoms with Crippen LogP contribution >= 0.6 is 22.6 Å². The van der Waals surface area contributed by atoms with E-state index < -0.39 is 0 Å². The number of fused-ring (bicyclic) bond motifs is 1. The smallest absolute Gasteiger partial charge is 0.159 e. The van der Waals surface area contributed by atoms with Gasteiger partial charge in [-0.15, -0.1) is 0 Å². The minimum absolute atomic E-state index is 0.578. The van der Waals surface area contributed by atoms with Crippen molar-refractivity contribution >= 4 is 39.4 Å². The number of nitrogens with zero attached hydrogens (tertiary/aromatic N) is 2. The molecule has 4 nitrogen and oxygen atoms in total. The standard InChI is InChI=1S/C8H7IN4/c9-5-1-2-6-7(3-5)12-8(13-10)4-11-6/h1-4H,10H2,(H,12,13). The third kappa shape index (κ3) is 1.70. The quantitative estimate of drug-likeness (QED) is 0.474. The Morgan fingerprint density at radius 3 is 2.92 bits per heavy atom. The average Bonchev–Trinajstić information content (AvgIpc) is 2.16. The van der Waals surface area contributed by atoms with Gasteiger partial charge in [-0.3, -0.25) is 4.98 Å². The number of benzene rings is 1. The molecule has 66 valence electrons. The molecule has 0 saturated heterocycles. The van der Waals surface area contributed by atoms with Crippen molar-refractivity contribution in [2.24, 2.45) is 5.84 Å². The van der Waals surface area contributed by atoms with Crippen LogP contribution in [0, 0.1) is 3.57 Å². The Morgan fingerprint density at radius 1 is 1.31 bits per heavy atom. The largest absolute Gasteiger partial charge is 0.307 e. The minimum atomic E-state index is 0.578. The predicted molar refractivity (Wildman–Crippen MR) is 60.1 cm³/mol. The van der Waals surface area contributed by atoms with E-state index in [0.29, 0.717) is 5.82 Å². The zero-order valence-corrected chi connectivity index (χ0v) is 8.82. The Bertz CT molecular complexity index is 443. The summed E-state index contributed by atoms with van der Waals surface area (Å²) in [4.78, 5) is 8.44. The van der Waals surface area contributed by atoms with Gasteiger partial charge in [0.1, 0.15) is 0 Å². The van der Waals surface area contributed by atoms with E-state index in [-0.39, 0.29) is 0 Å². The Labute approximate surface area is 88.7 Å². The maximum Gasteiger partial charge on any atom is 0.159 e. The van der Waals surface area contributed by atoms with Gasteiger partial charge in [-0.2, -0.15) is 0 Å². The molecule has 0 unspecified atom stereocenters. The molecule has 2 aromatic rings. The number of hydrogen-bond donors (Lipinski definition) is 2. The van der Waals surface area contributed by atoms with Crippen molar-refractivity contribution in [3.63, 3.8) is 0 Å². The predicted octanol–water partition coefficient (Wildman–Crippen LogP) is 1.52. The van der Waals surface area contributed by atoms with Crippen LogP contribution in [0.25, 0.3) is 11.0 Å². The van der Waals surface area contributed by atoms with Gasteiger partial charge in [-0.25, -0.2) is 10.8 Å². The summed E-state index contributed by atoms with van der Waals surface area (Å²) in [6.45, 7) is 0. The molecule has 0 atom stereocenters. The molecule has 0 saturated carbocycles. The van der Waals surface area contributed by atoms with Crippen LogP contribution in [0.3, 0.4) is 0 Å². The molecule has 5 heteroatoms. The number of nitrogen functional groups attached to an aromatic ring is 1. The number of halogens is 1. The van der Waals surface area contributed by atoms with E-state index in [1.165, 1.54) is 0 Å². The summed E-state index contributed by atoms with van der Waals surface area (Å²) in [5, 5.41) is 0. The molecular weight excluding hydrogens is 279 g/mol. The van der Waals surface area contributed by atoms with E-state index in [1.54, 1.807) is 6.20 Å². The molecule has 1 aromatic carbocycles. The van der Waals surface area contributed by atoms with Crippen molar-refractivity contribution in [3.05, 3.63) is 28.0 Å². The molecule has 1 heterocycles. The van der Waals surface area contributed by atoms with Crippen molar-refractivity contribution in [2.45, 2.75) is 0 Å². The Kier molecular flexibility index (Phi) is 2.28. The Hall–Kier alpha value is -0.950. The van der Waals surface area contributed by atoms with Gasteiger partial charge < -0.3 is 5.43 Å². The number of hydrogen-bond acceptors (Lipinski definition) is 4. The number of aromatic nitrogens is 2. The van der Waals surface area contributed by atoms with Gasteiger partial charge in [0.2, 0.25) is 0 Å². The van der Waals surface area contributed by atoms with Crippen molar-refractivity contribution < 1.29 is 0 Å². The Balaban J connectivity index is 2.68. The van der Waals surface area contributed by atoms with Crippen LogP contribution < -0.4 is 11.3 Å². The van der Waals surface area contributed by atoms with Crippen LogP contribution in [-0.2, 0) is 0 Å². The third-order valence-electron chi connectivity index (χ3n) is 1.65. The van der Waals surface area contributed by atoms with E-state index in [1.807, 2.05) is 18.2 Å². The monoisotopic (exact) mass is 286 g/mol. The van der Waals surface area contributed by atoms with Gasteiger partial charge in [-0.1, -0.05) is 0 Å². The first-order valence-electron chi connectivity index (χ1n) is 3.68. The molecule has 0 aliphatic heterocycles. The van der Waals surface area contributed by atoms with Crippen LogP contribution in [0.5, 0.6) is 0 Å². The number of nitrogens with one attached hydrogen (secondary N) is 1. The fourth-order valence-corrected chi connectivity index (χ4v) is 1.53. The number of nitrogens with two attached hydrogens (primary N) is 1. The normalized spacial score (nSPS) is 10.3. The second-order valence-electron chi connectivity index (χ2n) is 2.53. The van der Waals surface area contributed by atoms with Crippen molar-refractivity contribution in [1.82, 2.24) is 9.97 Å². The summed E-state index contributed by atoms with van der Waals surface area (Å²) in [5.41, 5.74) is 4.19. The second kappa shape index (κ2) is 3.43. The molecule has 0 amide bonds. The summed E-state index contributed by atoms with van der Waals surface area (Å²) in [5.74, 6) is 5.80. The van der Waals surface area contributed by atoms with Crippen LogP contribution in [0.15, 0.2) is 24.4 Å². The van der Waals surface area contributed by atoms with Crippen molar-refractivity contribution in [3.8, 4) is 0 Å². The van der Waals surface area contributed by atoms with Crippen molar-refractivity contribution in [2.75, 3.05) is 5.43 Å². The highest BCUT2D eigenvalue weighted by Gasteiger charge is 1.98. The lowest BCUT2D eigenvalue weighted by Gasteiger charge is -2.00. The summed E-state index contributed by atoms with van der Waals surface area (Å²) in [7, 11) is 0. The zero-order chi connectivity index (χ0) is 9.26. The summed E-state index contributed by atoms with van der Waals surface area (Å²) in [6.07, 6.45) is 1.61. The van der Waals surface area contributed by atoms with Gasteiger partial charge in [0.15, 0.2) is 5.82 Å². The molecule has 0 bridgehead atoms. The lowest BCUT2D eigenvalue weighted by atomic mass is 10.3. The molecule has 1 aromatic heterocycles. The summed E-state index contributed by atoms with van der Waals surface area (Å²) >= 11 is 2.23. The maximum atomic E-state index is 5.22. The fourth-order valence-electron chi connectivity index (χ4n) is 1.05. The molecular formula is C8H7IN4. The fraction of sp³-hybridized carbons (Fsp3) is 0. The molecule has 13 heavy (non-hydrogen) atoms. The highest BCUT2D eigenvalue weighted by Crippen LogP contribution is 2.14.